The van der Waals surface area contributed by atoms with Crippen LogP contribution in [0.25, 0.3) is 0 Å². The molecule has 3 rings (SSSR count). The Balaban J connectivity index is 0. The molecule has 3 nitrogen and oxygen atoms in total. The summed E-state index contributed by atoms with van der Waals surface area (Å²) in [5.74, 6) is 0. The zero-order chi connectivity index (χ0) is 28.5. The second kappa shape index (κ2) is 21.8. The van der Waals surface area contributed by atoms with Gasteiger partial charge in [-0.15, -0.1) is 0 Å². The zero-order valence-electron chi connectivity index (χ0n) is 27.6. The molecule has 1 heterocycles. The van der Waals surface area contributed by atoms with E-state index in [1.807, 2.05) is 0 Å². The number of aryl methyl sites for hydroxylation is 7. The van der Waals surface area contributed by atoms with E-state index >= 15 is 0 Å². The molecule has 2 aromatic carbocycles. The number of nitrogens with zero attached hydrogens (tertiary/aromatic N) is 3. The molecule has 0 aliphatic heterocycles. The molecule has 3 aromatic rings. The van der Waals surface area contributed by atoms with E-state index in [0.29, 0.717) is 0 Å². The molecule has 1 radical (unpaired) electrons. The summed E-state index contributed by atoms with van der Waals surface area (Å²) >= 11 is 0. The predicted molar refractivity (Wildman–Crippen MR) is 171 cm³/mol. The van der Waals surface area contributed by atoms with Crippen molar-refractivity contribution in [2.45, 2.75) is 114 Å². The Hall–Kier alpha value is -0.849. The molecule has 1 aromatic heterocycles. The Kier molecular flexibility index (Phi) is 22.5. The van der Waals surface area contributed by atoms with Crippen LogP contribution < -0.4 is 37.2 Å². The summed E-state index contributed by atoms with van der Waals surface area (Å²) in [5.41, 5.74) is 15.3. The molecule has 0 amide bonds. The number of halogens is 3. The van der Waals surface area contributed by atoms with Crippen molar-refractivity contribution in [2.75, 3.05) is 0 Å². The normalized spacial score (nSPS) is 11.2. The molecule has 0 saturated carbocycles. The maximum absolute atomic E-state index is 5.23. The first-order chi connectivity index (χ1) is 18.7. The standard InChI is InChI=1S/C36H49N3.3ClH.Nd/c1-10-14-29-18-24(5)19-30(15-11-2)35(29)37-27(8)33-22-26(7)23-34(39-33)28(9)38-36-31(16-12-3)20-25(6)21-32(36)17-13-4;;;;/h18-23H,10-17H2,1-9H3;3*1H;/q;;;;+3/p-3. The van der Waals surface area contributed by atoms with Gasteiger partial charge in [0.2, 0.25) is 0 Å². The minimum atomic E-state index is 0. The molecular formula is C36H49Cl3N3Nd. The first kappa shape index (κ1) is 44.3. The molecule has 0 unspecified atom stereocenters. The third kappa shape index (κ3) is 12.5. The minimum Gasteiger partial charge on any atom is -1.00 e. The molecular weight excluding hydrogens is 725 g/mol. The molecule has 0 aliphatic rings. The maximum Gasteiger partial charge on any atom is 3.00 e. The van der Waals surface area contributed by atoms with Gasteiger partial charge in [0.1, 0.15) is 0 Å². The van der Waals surface area contributed by atoms with Crippen LogP contribution in [0.1, 0.15) is 118 Å². The fraction of sp³-hybridized carbons (Fsp3) is 0.472. The summed E-state index contributed by atoms with van der Waals surface area (Å²) in [6.07, 6.45) is 8.60. The predicted octanol–water partition coefficient (Wildman–Crippen LogP) is 1.11. The van der Waals surface area contributed by atoms with Crippen molar-refractivity contribution < 1.29 is 78.1 Å². The Morgan fingerprint density at radius 2 is 0.767 bits per heavy atom. The third-order valence-corrected chi connectivity index (χ3v) is 7.17. The van der Waals surface area contributed by atoms with Crippen LogP contribution in [0.5, 0.6) is 0 Å². The molecule has 0 bridgehead atoms. The van der Waals surface area contributed by atoms with Crippen molar-refractivity contribution in [3.05, 3.63) is 86.7 Å². The summed E-state index contributed by atoms with van der Waals surface area (Å²) in [7, 11) is 0. The summed E-state index contributed by atoms with van der Waals surface area (Å²) in [4.78, 5) is 15.6. The molecule has 0 N–H and O–H groups in total. The van der Waals surface area contributed by atoms with E-state index in [9.17, 15) is 0 Å². The quantitative estimate of drug-likeness (QED) is 0.255. The van der Waals surface area contributed by atoms with E-state index in [2.05, 4.69) is 98.7 Å². The average Bonchev–Trinajstić information content (AvgIpc) is 2.88. The van der Waals surface area contributed by atoms with Crippen molar-refractivity contribution >= 4 is 22.8 Å². The number of rotatable bonds is 12. The fourth-order valence-corrected chi connectivity index (χ4v) is 5.48. The van der Waals surface area contributed by atoms with Crippen molar-refractivity contribution in [3.8, 4) is 0 Å². The van der Waals surface area contributed by atoms with Gasteiger partial charge in [-0.1, -0.05) is 88.8 Å². The van der Waals surface area contributed by atoms with Crippen LogP contribution in [0.2, 0.25) is 0 Å². The van der Waals surface area contributed by atoms with E-state index in [1.165, 1.54) is 38.9 Å². The summed E-state index contributed by atoms with van der Waals surface area (Å²) in [5, 5.41) is 0. The van der Waals surface area contributed by atoms with Gasteiger partial charge in [-0.05, 0) is 100 Å². The number of hydrogen-bond donors (Lipinski definition) is 0. The van der Waals surface area contributed by atoms with Crippen LogP contribution in [-0.4, -0.2) is 16.4 Å². The van der Waals surface area contributed by atoms with Crippen LogP contribution in [0.3, 0.4) is 0 Å². The van der Waals surface area contributed by atoms with Crippen molar-refractivity contribution in [3.63, 3.8) is 0 Å². The molecule has 43 heavy (non-hydrogen) atoms. The molecule has 0 spiro atoms. The van der Waals surface area contributed by atoms with Gasteiger partial charge in [0.05, 0.1) is 34.2 Å². The van der Waals surface area contributed by atoms with Gasteiger partial charge in [-0.2, -0.15) is 0 Å². The largest absolute Gasteiger partial charge is 3.00 e. The van der Waals surface area contributed by atoms with E-state index in [0.717, 1.165) is 85.6 Å². The number of aliphatic imine (C=N–C) groups is 2. The summed E-state index contributed by atoms with van der Waals surface area (Å²) in [6, 6.07) is 13.5. The van der Waals surface area contributed by atoms with Crippen molar-refractivity contribution in [1.82, 2.24) is 4.98 Å². The van der Waals surface area contributed by atoms with Crippen LogP contribution in [0.15, 0.2) is 46.4 Å². The van der Waals surface area contributed by atoms with Crippen molar-refractivity contribution in [2.24, 2.45) is 9.98 Å². The van der Waals surface area contributed by atoms with Gasteiger partial charge in [0.15, 0.2) is 0 Å². The average molecular weight is 774 g/mol. The monoisotopic (exact) mass is 770 g/mol. The first-order valence-electron chi connectivity index (χ1n) is 15.0. The minimum absolute atomic E-state index is 0. The molecule has 0 fully saturated rings. The number of pyridine rings is 1. The van der Waals surface area contributed by atoms with E-state index in [-0.39, 0.29) is 78.1 Å². The number of aromatic nitrogens is 1. The Morgan fingerprint density at radius 1 is 0.512 bits per heavy atom. The van der Waals surface area contributed by atoms with Gasteiger partial charge in [-0.3, -0.25) is 9.98 Å². The van der Waals surface area contributed by atoms with Gasteiger partial charge < -0.3 is 37.2 Å². The second-order valence-corrected chi connectivity index (χ2v) is 11.2. The summed E-state index contributed by atoms with van der Waals surface area (Å²) < 4.78 is 0. The van der Waals surface area contributed by atoms with Crippen LogP contribution >= 0.6 is 0 Å². The Bertz CT molecular complexity index is 1210. The Labute approximate surface area is 313 Å². The number of benzene rings is 2. The molecule has 7 heteroatoms. The molecule has 233 valence electrons. The zero-order valence-corrected chi connectivity index (χ0v) is 33.1. The van der Waals surface area contributed by atoms with E-state index in [4.69, 9.17) is 15.0 Å². The topological polar surface area (TPSA) is 37.6 Å². The summed E-state index contributed by atoms with van der Waals surface area (Å²) in [6.45, 7) is 19.7. The van der Waals surface area contributed by atoms with Gasteiger partial charge in [-0.25, -0.2) is 4.98 Å². The van der Waals surface area contributed by atoms with Crippen LogP contribution in [0.4, 0.5) is 11.4 Å². The Morgan fingerprint density at radius 3 is 1.02 bits per heavy atom. The van der Waals surface area contributed by atoms with Crippen LogP contribution in [0, 0.1) is 61.6 Å². The number of hydrogen-bond acceptors (Lipinski definition) is 3. The smallest absolute Gasteiger partial charge is 1.00 e. The third-order valence-electron chi connectivity index (χ3n) is 7.17. The van der Waals surface area contributed by atoms with Gasteiger partial charge >= 0.3 is 40.8 Å². The fourth-order valence-electron chi connectivity index (χ4n) is 5.48. The second-order valence-electron chi connectivity index (χ2n) is 11.2. The van der Waals surface area contributed by atoms with Gasteiger partial charge in [0.25, 0.3) is 0 Å². The van der Waals surface area contributed by atoms with E-state index < -0.39 is 0 Å². The molecule has 0 saturated heterocycles. The SMILES string of the molecule is CCCc1cc(C)cc(CCC)c1N=C(C)c1cc(C)cc(C(C)=Nc2c(CCC)cc(C)cc2CCC)n1.[Cl-].[Cl-].[Cl-].[Nd+3]. The maximum atomic E-state index is 5.23. The van der Waals surface area contributed by atoms with Crippen LogP contribution in [-0.2, 0) is 25.7 Å². The molecule has 0 atom stereocenters. The van der Waals surface area contributed by atoms with Gasteiger partial charge in [0, 0.05) is 0 Å². The van der Waals surface area contributed by atoms with Crippen molar-refractivity contribution in [1.29, 1.82) is 0 Å². The first-order valence-corrected chi connectivity index (χ1v) is 15.0. The molecule has 0 aliphatic carbocycles. The van der Waals surface area contributed by atoms with E-state index in [1.54, 1.807) is 0 Å².